The molecule has 0 saturated carbocycles. The highest BCUT2D eigenvalue weighted by Crippen LogP contribution is 2.19. The molecule has 2 aliphatic heterocycles. The number of thiazole rings is 1. The Morgan fingerprint density at radius 1 is 1.43 bits per heavy atom. The van der Waals surface area contributed by atoms with Crippen molar-refractivity contribution in [3.05, 3.63) is 16.1 Å². The quantitative estimate of drug-likeness (QED) is 0.831. The first-order chi connectivity index (χ1) is 11.2. The van der Waals surface area contributed by atoms with Gasteiger partial charge in [-0.15, -0.1) is 11.3 Å². The van der Waals surface area contributed by atoms with Gasteiger partial charge in [0.15, 0.2) is 0 Å². The molecule has 0 radical (unpaired) electrons. The van der Waals surface area contributed by atoms with E-state index in [0.29, 0.717) is 5.92 Å². The smallest absolute Gasteiger partial charge is 0.237 e. The number of nitrogens with zero attached hydrogens (tertiary/aromatic N) is 2. The van der Waals surface area contributed by atoms with Crippen molar-refractivity contribution in [2.24, 2.45) is 5.92 Å². The minimum Gasteiger partial charge on any atom is -0.354 e. The molecule has 2 aliphatic rings. The van der Waals surface area contributed by atoms with Gasteiger partial charge in [0, 0.05) is 18.5 Å². The first-order valence-electron chi connectivity index (χ1n) is 8.91. The maximum atomic E-state index is 12.0. The van der Waals surface area contributed by atoms with E-state index in [1.807, 2.05) is 0 Å². The minimum absolute atomic E-state index is 0.0486. The number of hydrogen-bond acceptors (Lipinski definition) is 5. The lowest BCUT2D eigenvalue weighted by Crippen LogP contribution is -2.44. The third kappa shape index (κ3) is 4.75. The fraction of sp³-hybridized carbons (Fsp3) is 0.765. The summed E-state index contributed by atoms with van der Waals surface area (Å²) >= 11 is 1.77. The van der Waals surface area contributed by atoms with Crippen LogP contribution < -0.4 is 10.6 Å². The second-order valence-electron chi connectivity index (χ2n) is 6.70. The van der Waals surface area contributed by atoms with Gasteiger partial charge in [0.1, 0.15) is 0 Å². The monoisotopic (exact) mass is 336 g/mol. The van der Waals surface area contributed by atoms with Crippen LogP contribution in [0.3, 0.4) is 0 Å². The largest absolute Gasteiger partial charge is 0.354 e. The second kappa shape index (κ2) is 8.22. The van der Waals surface area contributed by atoms with Crippen molar-refractivity contribution in [3.8, 4) is 0 Å². The van der Waals surface area contributed by atoms with Crippen molar-refractivity contribution in [1.82, 2.24) is 20.5 Å². The third-order valence-electron chi connectivity index (χ3n) is 4.94. The summed E-state index contributed by atoms with van der Waals surface area (Å²) in [5.41, 5.74) is 1.21. The average Bonchev–Trinajstić information content (AvgIpc) is 3.25. The summed E-state index contributed by atoms with van der Waals surface area (Å²) in [6, 6.07) is 0.0486. The topological polar surface area (TPSA) is 57.3 Å². The first-order valence-corrected chi connectivity index (χ1v) is 9.79. The van der Waals surface area contributed by atoms with Gasteiger partial charge in [-0.3, -0.25) is 9.69 Å². The Labute approximate surface area is 142 Å². The molecule has 6 heteroatoms. The molecule has 0 aromatic carbocycles. The molecular weight excluding hydrogens is 308 g/mol. The highest BCUT2D eigenvalue weighted by molar-refractivity contribution is 7.09. The highest BCUT2D eigenvalue weighted by atomic mass is 32.1. The summed E-state index contributed by atoms with van der Waals surface area (Å²) in [6.07, 6.45) is 5.47. The first kappa shape index (κ1) is 16.9. The van der Waals surface area contributed by atoms with Crippen molar-refractivity contribution in [2.45, 2.75) is 51.6 Å². The molecular formula is C17H28N4OS. The number of rotatable bonds is 6. The number of carbonyl (C=O) groups excluding carboxylic acids is 1. The Balaban J connectivity index is 1.35. The summed E-state index contributed by atoms with van der Waals surface area (Å²) in [4.78, 5) is 19.2. The molecule has 1 amide bonds. The number of nitrogens with one attached hydrogen (secondary N) is 2. The zero-order valence-corrected chi connectivity index (χ0v) is 14.8. The Bertz CT molecular complexity index is 504. The molecule has 0 aliphatic carbocycles. The van der Waals surface area contributed by atoms with Crippen molar-refractivity contribution in [3.63, 3.8) is 0 Å². The van der Waals surface area contributed by atoms with Gasteiger partial charge >= 0.3 is 0 Å². The maximum absolute atomic E-state index is 12.0. The van der Waals surface area contributed by atoms with Crippen molar-refractivity contribution >= 4 is 17.2 Å². The lowest BCUT2D eigenvalue weighted by Gasteiger charge is -2.31. The minimum atomic E-state index is 0.0486. The maximum Gasteiger partial charge on any atom is 0.237 e. The molecule has 2 fully saturated rings. The Hall–Kier alpha value is -0.980. The van der Waals surface area contributed by atoms with E-state index in [0.717, 1.165) is 52.0 Å². The molecule has 128 valence electrons. The SMILES string of the molecule is CCc1nc(CN2CCC(CNC(=O)C3CCCN3)CC2)cs1. The number of likely N-dealkylation sites (tertiary alicyclic amines) is 1. The van der Waals surface area contributed by atoms with Gasteiger partial charge in [0.2, 0.25) is 5.91 Å². The average molecular weight is 337 g/mol. The third-order valence-corrected chi connectivity index (χ3v) is 5.98. The van der Waals surface area contributed by atoms with Gasteiger partial charge in [-0.25, -0.2) is 4.98 Å². The van der Waals surface area contributed by atoms with Gasteiger partial charge in [0.25, 0.3) is 0 Å². The van der Waals surface area contributed by atoms with E-state index in [9.17, 15) is 4.79 Å². The number of aromatic nitrogens is 1. The van der Waals surface area contributed by atoms with E-state index in [1.54, 1.807) is 11.3 Å². The number of carbonyl (C=O) groups is 1. The van der Waals surface area contributed by atoms with Crippen molar-refractivity contribution in [1.29, 1.82) is 0 Å². The molecule has 1 aromatic heterocycles. The van der Waals surface area contributed by atoms with Crippen LogP contribution in [0.5, 0.6) is 0 Å². The molecule has 1 aromatic rings. The zero-order chi connectivity index (χ0) is 16.1. The molecule has 3 heterocycles. The van der Waals surface area contributed by atoms with Crippen LogP contribution in [0.25, 0.3) is 0 Å². The van der Waals surface area contributed by atoms with Crippen LogP contribution in [0.4, 0.5) is 0 Å². The van der Waals surface area contributed by atoms with Crippen molar-refractivity contribution < 1.29 is 4.79 Å². The van der Waals surface area contributed by atoms with E-state index in [1.165, 1.54) is 23.5 Å². The summed E-state index contributed by atoms with van der Waals surface area (Å²) in [5, 5.41) is 9.83. The van der Waals surface area contributed by atoms with E-state index in [-0.39, 0.29) is 11.9 Å². The second-order valence-corrected chi connectivity index (χ2v) is 7.64. The van der Waals surface area contributed by atoms with Gasteiger partial charge in [-0.1, -0.05) is 6.92 Å². The molecule has 2 N–H and O–H groups in total. The summed E-state index contributed by atoms with van der Waals surface area (Å²) in [7, 11) is 0. The van der Waals surface area contributed by atoms with Gasteiger partial charge < -0.3 is 10.6 Å². The van der Waals surface area contributed by atoms with Crippen molar-refractivity contribution in [2.75, 3.05) is 26.2 Å². The van der Waals surface area contributed by atoms with Crippen LogP contribution in [-0.2, 0) is 17.8 Å². The lowest BCUT2D eigenvalue weighted by molar-refractivity contribution is -0.123. The number of amides is 1. The van der Waals surface area contributed by atoms with Crippen LogP contribution in [-0.4, -0.2) is 48.0 Å². The van der Waals surface area contributed by atoms with Crippen LogP contribution >= 0.6 is 11.3 Å². The van der Waals surface area contributed by atoms with E-state index < -0.39 is 0 Å². The fourth-order valence-electron chi connectivity index (χ4n) is 3.44. The number of aryl methyl sites for hydroxylation is 1. The van der Waals surface area contributed by atoms with Gasteiger partial charge in [-0.2, -0.15) is 0 Å². The Kier molecular flexibility index (Phi) is 6.02. The van der Waals surface area contributed by atoms with Crippen LogP contribution in [0.15, 0.2) is 5.38 Å². The number of piperidine rings is 1. The molecule has 1 unspecified atom stereocenters. The van der Waals surface area contributed by atoms with E-state index in [2.05, 4.69) is 32.8 Å². The molecule has 5 nitrogen and oxygen atoms in total. The van der Waals surface area contributed by atoms with E-state index >= 15 is 0 Å². The van der Waals surface area contributed by atoms with Gasteiger partial charge in [0.05, 0.1) is 16.7 Å². The fourth-order valence-corrected chi connectivity index (χ4v) is 4.17. The van der Waals surface area contributed by atoms with Crippen LogP contribution in [0.2, 0.25) is 0 Å². The van der Waals surface area contributed by atoms with Gasteiger partial charge in [-0.05, 0) is 57.7 Å². The zero-order valence-electron chi connectivity index (χ0n) is 14.0. The predicted octanol–water partition coefficient (Wildman–Crippen LogP) is 1.79. The standard InChI is InChI=1S/C17H28N4OS/c1-2-16-20-14(12-23-16)11-21-8-5-13(6-9-21)10-19-17(22)15-4-3-7-18-15/h12-13,15,18H,2-11H2,1H3,(H,19,22). The molecule has 0 bridgehead atoms. The molecule has 3 rings (SSSR count). The number of hydrogen-bond donors (Lipinski definition) is 2. The Morgan fingerprint density at radius 2 is 2.26 bits per heavy atom. The summed E-state index contributed by atoms with van der Waals surface area (Å²) < 4.78 is 0. The summed E-state index contributed by atoms with van der Waals surface area (Å²) in [6.45, 7) is 7.17. The predicted molar refractivity (Wildman–Crippen MR) is 93.5 cm³/mol. The van der Waals surface area contributed by atoms with Crippen LogP contribution in [0.1, 0.15) is 43.3 Å². The van der Waals surface area contributed by atoms with E-state index in [4.69, 9.17) is 0 Å². The molecule has 0 spiro atoms. The molecule has 2 saturated heterocycles. The summed E-state index contributed by atoms with van der Waals surface area (Å²) in [5.74, 6) is 0.817. The van der Waals surface area contributed by atoms with Crippen LogP contribution in [0, 0.1) is 5.92 Å². The normalized spacial score (nSPS) is 23.3. The molecule has 1 atom stereocenters. The Morgan fingerprint density at radius 3 is 2.91 bits per heavy atom. The highest BCUT2D eigenvalue weighted by Gasteiger charge is 2.24. The lowest BCUT2D eigenvalue weighted by atomic mass is 9.96. The molecule has 23 heavy (non-hydrogen) atoms.